The standard InChI is InChI=1S/C15H21FN4S/c1-3-11(17)8-13(18)15-19-14(20-21-15)7-10-4-5-12(16)9(2)6-10/h4-6,11,13H,3,7-8,17-18H2,1-2H3. The minimum absolute atomic E-state index is 0.0899. The van der Waals surface area contributed by atoms with Crippen LogP contribution in [-0.2, 0) is 6.42 Å². The molecule has 0 saturated carbocycles. The third-order valence-corrected chi connectivity index (χ3v) is 4.35. The highest BCUT2D eigenvalue weighted by Gasteiger charge is 2.15. The lowest BCUT2D eigenvalue weighted by molar-refractivity contribution is 0.523. The first-order valence-electron chi connectivity index (χ1n) is 7.08. The van der Waals surface area contributed by atoms with Gasteiger partial charge in [0.2, 0.25) is 0 Å². The van der Waals surface area contributed by atoms with Crippen molar-refractivity contribution in [3.05, 3.63) is 46.0 Å². The average molecular weight is 308 g/mol. The SMILES string of the molecule is CCC(N)CC(N)c1nc(Cc2ccc(F)c(C)c2)ns1. The van der Waals surface area contributed by atoms with Gasteiger partial charge in [0, 0.05) is 12.5 Å². The Kier molecular flexibility index (Phi) is 5.39. The van der Waals surface area contributed by atoms with E-state index < -0.39 is 0 Å². The molecule has 1 heterocycles. The molecule has 2 atom stereocenters. The second kappa shape index (κ2) is 7.06. The van der Waals surface area contributed by atoms with Crippen LogP contribution in [0.5, 0.6) is 0 Å². The molecule has 114 valence electrons. The number of aromatic nitrogens is 2. The Morgan fingerprint density at radius 3 is 2.76 bits per heavy atom. The summed E-state index contributed by atoms with van der Waals surface area (Å²) in [5, 5.41) is 0.813. The number of halogens is 1. The molecule has 21 heavy (non-hydrogen) atoms. The molecule has 0 saturated heterocycles. The van der Waals surface area contributed by atoms with E-state index >= 15 is 0 Å². The van der Waals surface area contributed by atoms with Gasteiger partial charge in [-0.3, -0.25) is 0 Å². The molecule has 0 fully saturated rings. The van der Waals surface area contributed by atoms with Crippen LogP contribution in [-0.4, -0.2) is 15.4 Å². The highest BCUT2D eigenvalue weighted by Crippen LogP contribution is 2.20. The first-order valence-corrected chi connectivity index (χ1v) is 7.85. The summed E-state index contributed by atoms with van der Waals surface area (Å²) < 4.78 is 17.6. The maximum Gasteiger partial charge on any atom is 0.147 e. The quantitative estimate of drug-likeness (QED) is 0.860. The number of nitrogens with two attached hydrogens (primary N) is 2. The van der Waals surface area contributed by atoms with E-state index in [4.69, 9.17) is 11.5 Å². The van der Waals surface area contributed by atoms with Gasteiger partial charge in [0.05, 0.1) is 6.04 Å². The maximum atomic E-state index is 13.2. The summed E-state index contributed by atoms with van der Waals surface area (Å²) in [5.74, 6) is 0.530. The Morgan fingerprint density at radius 2 is 2.10 bits per heavy atom. The zero-order valence-corrected chi connectivity index (χ0v) is 13.2. The van der Waals surface area contributed by atoms with Crippen LogP contribution >= 0.6 is 11.5 Å². The fourth-order valence-electron chi connectivity index (χ4n) is 2.08. The van der Waals surface area contributed by atoms with Gasteiger partial charge in [-0.25, -0.2) is 9.37 Å². The van der Waals surface area contributed by atoms with Crippen LogP contribution in [0.1, 0.15) is 47.8 Å². The summed E-state index contributed by atoms with van der Waals surface area (Å²) in [6.45, 7) is 3.79. The Balaban J connectivity index is 2.04. The molecule has 2 unspecified atom stereocenters. The van der Waals surface area contributed by atoms with Gasteiger partial charge in [0.15, 0.2) is 0 Å². The summed E-state index contributed by atoms with van der Waals surface area (Å²) >= 11 is 1.32. The van der Waals surface area contributed by atoms with E-state index in [1.54, 1.807) is 13.0 Å². The van der Waals surface area contributed by atoms with Crippen molar-refractivity contribution in [1.82, 2.24) is 9.36 Å². The lowest BCUT2D eigenvalue weighted by Crippen LogP contribution is -2.25. The fraction of sp³-hybridized carbons (Fsp3) is 0.467. The van der Waals surface area contributed by atoms with Gasteiger partial charge >= 0.3 is 0 Å². The Labute approximate surface area is 128 Å². The van der Waals surface area contributed by atoms with Gasteiger partial charge in [-0.05, 0) is 48.5 Å². The zero-order valence-electron chi connectivity index (χ0n) is 12.3. The van der Waals surface area contributed by atoms with Gasteiger partial charge in [0.25, 0.3) is 0 Å². The van der Waals surface area contributed by atoms with E-state index in [-0.39, 0.29) is 17.9 Å². The van der Waals surface area contributed by atoms with Gasteiger partial charge in [0.1, 0.15) is 16.6 Å². The molecule has 1 aromatic heterocycles. The molecule has 4 N–H and O–H groups in total. The third-order valence-electron chi connectivity index (χ3n) is 3.47. The predicted octanol–water partition coefficient (Wildman–Crippen LogP) is 2.70. The summed E-state index contributed by atoms with van der Waals surface area (Å²) in [7, 11) is 0. The summed E-state index contributed by atoms with van der Waals surface area (Å²) in [4.78, 5) is 4.48. The smallest absolute Gasteiger partial charge is 0.147 e. The molecule has 6 heteroatoms. The van der Waals surface area contributed by atoms with E-state index in [2.05, 4.69) is 9.36 Å². The van der Waals surface area contributed by atoms with E-state index in [1.807, 2.05) is 13.0 Å². The van der Waals surface area contributed by atoms with Crippen molar-refractivity contribution in [2.75, 3.05) is 0 Å². The fourth-order valence-corrected chi connectivity index (χ4v) is 2.76. The first kappa shape index (κ1) is 16.0. The van der Waals surface area contributed by atoms with Crippen molar-refractivity contribution in [2.24, 2.45) is 11.5 Å². The van der Waals surface area contributed by atoms with Crippen LogP contribution in [0.3, 0.4) is 0 Å². The van der Waals surface area contributed by atoms with Gasteiger partial charge < -0.3 is 11.5 Å². The highest BCUT2D eigenvalue weighted by atomic mass is 32.1. The van der Waals surface area contributed by atoms with Crippen LogP contribution in [0.15, 0.2) is 18.2 Å². The molecule has 2 aromatic rings. The number of benzene rings is 1. The Hall–Kier alpha value is -1.37. The second-order valence-electron chi connectivity index (χ2n) is 5.32. The minimum Gasteiger partial charge on any atom is -0.328 e. The van der Waals surface area contributed by atoms with Crippen molar-refractivity contribution in [2.45, 2.75) is 45.2 Å². The van der Waals surface area contributed by atoms with Gasteiger partial charge in [-0.15, -0.1) is 0 Å². The monoisotopic (exact) mass is 308 g/mol. The van der Waals surface area contributed by atoms with E-state index in [0.717, 1.165) is 22.8 Å². The second-order valence-corrected chi connectivity index (χ2v) is 6.10. The predicted molar refractivity (Wildman–Crippen MR) is 83.7 cm³/mol. The largest absolute Gasteiger partial charge is 0.328 e. The van der Waals surface area contributed by atoms with Crippen LogP contribution in [0.4, 0.5) is 4.39 Å². The van der Waals surface area contributed by atoms with Crippen molar-refractivity contribution >= 4 is 11.5 Å². The van der Waals surface area contributed by atoms with Crippen molar-refractivity contribution < 1.29 is 4.39 Å². The Morgan fingerprint density at radius 1 is 1.33 bits per heavy atom. The van der Waals surface area contributed by atoms with Crippen molar-refractivity contribution in [1.29, 1.82) is 0 Å². The van der Waals surface area contributed by atoms with Crippen LogP contribution in [0.25, 0.3) is 0 Å². The molecular weight excluding hydrogens is 287 g/mol. The molecule has 0 spiro atoms. The maximum absolute atomic E-state index is 13.2. The third kappa shape index (κ3) is 4.30. The molecule has 4 nitrogen and oxygen atoms in total. The topological polar surface area (TPSA) is 77.8 Å². The molecule has 0 amide bonds. The Bertz CT molecular complexity index is 599. The molecule has 1 aromatic carbocycles. The van der Waals surface area contributed by atoms with E-state index in [0.29, 0.717) is 18.4 Å². The minimum atomic E-state index is -0.193. The van der Waals surface area contributed by atoms with Gasteiger partial charge in [-0.1, -0.05) is 19.1 Å². The lowest BCUT2D eigenvalue weighted by Gasteiger charge is -2.12. The summed E-state index contributed by atoms with van der Waals surface area (Å²) in [6.07, 6.45) is 2.19. The molecule has 0 bridgehead atoms. The van der Waals surface area contributed by atoms with Crippen LogP contribution in [0, 0.1) is 12.7 Å². The molecule has 0 aliphatic carbocycles. The molecular formula is C15H21FN4S. The molecule has 2 rings (SSSR count). The summed E-state index contributed by atoms with van der Waals surface area (Å²) in [6, 6.07) is 4.98. The van der Waals surface area contributed by atoms with Crippen LogP contribution < -0.4 is 11.5 Å². The van der Waals surface area contributed by atoms with Crippen LogP contribution in [0.2, 0.25) is 0 Å². The molecule has 0 aliphatic rings. The van der Waals surface area contributed by atoms with Crippen molar-refractivity contribution in [3.8, 4) is 0 Å². The zero-order chi connectivity index (χ0) is 15.4. The number of hydrogen-bond acceptors (Lipinski definition) is 5. The number of rotatable bonds is 6. The molecule has 0 aliphatic heterocycles. The van der Waals surface area contributed by atoms with Crippen molar-refractivity contribution in [3.63, 3.8) is 0 Å². The summed E-state index contributed by atoms with van der Waals surface area (Å²) in [5.41, 5.74) is 13.6. The number of nitrogens with zero attached hydrogens (tertiary/aromatic N) is 2. The normalized spacial score (nSPS) is 14.1. The number of hydrogen-bond donors (Lipinski definition) is 2. The van der Waals surface area contributed by atoms with E-state index in [1.165, 1.54) is 17.6 Å². The average Bonchev–Trinajstić information content (AvgIpc) is 2.91. The van der Waals surface area contributed by atoms with Gasteiger partial charge in [-0.2, -0.15) is 4.37 Å². The van der Waals surface area contributed by atoms with E-state index in [9.17, 15) is 4.39 Å². The molecule has 0 radical (unpaired) electrons. The number of aryl methyl sites for hydroxylation is 1. The lowest BCUT2D eigenvalue weighted by atomic mass is 10.1. The highest BCUT2D eigenvalue weighted by molar-refractivity contribution is 7.05. The first-order chi connectivity index (χ1) is 9.99.